The Morgan fingerprint density at radius 3 is 1.77 bits per heavy atom. The lowest BCUT2D eigenvalue weighted by atomic mass is 9.58. The van der Waals surface area contributed by atoms with E-state index >= 15 is 0 Å². The second-order valence-electron chi connectivity index (χ2n) is 10.9. The normalized spacial score (nSPS) is 11.4. The van der Waals surface area contributed by atoms with Gasteiger partial charge in [-0.2, -0.15) is 0 Å². The molecule has 0 aliphatic carbocycles. The monoisotopic (exact) mass is 575 g/mol. The highest BCUT2D eigenvalue weighted by Crippen LogP contribution is 2.23. The third-order valence-corrected chi connectivity index (χ3v) is 12.9. The number of nitrogens with zero attached hydrogens (tertiary/aromatic N) is 2. The van der Waals surface area contributed by atoms with Crippen LogP contribution in [0.4, 0.5) is 0 Å². The molecule has 0 amide bonds. The van der Waals surface area contributed by atoms with Crippen LogP contribution in [0.25, 0.3) is 0 Å². The maximum absolute atomic E-state index is 6.17. The quantitative estimate of drug-likeness (QED) is 0.142. The molecule has 0 saturated heterocycles. The van der Waals surface area contributed by atoms with E-state index in [-0.39, 0.29) is 5.82 Å². The SMILES string of the molecule is CCCOc1cccc([Si](Cn2ccnc2[B]C(c2ccccc2)c2ccccc2)(c2ccccc2)c2ccccc2)c1. The molecule has 0 aliphatic rings. The molecule has 5 heteroatoms. The molecule has 1 aromatic heterocycles. The lowest BCUT2D eigenvalue weighted by Crippen LogP contribution is -2.70. The Bertz CT molecular complexity index is 1630. The van der Waals surface area contributed by atoms with Gasteiger partial charge in [0.05, 0.1) is 12.3 Å². The van der Waals surface area contributed by atoms with Crippen LogP contribution in [0.2, 0.25) is 0 Å². The van der Waals surface area contributed by atoms with E-state index in [1.165, 1.54) is 26.7 Å². The molecule has 6 rings (SSSR count). The molecule has 3 nitrogen and oxygen atoms in total. The Balaban J connectivity index is 1.48. The second kappa shape index (κ2) is 13.6. The third kappa shape index (κ3) is 6.28. The number of hydrogen-bond acceptors (Lipinski definition) is 2. The van der Waals surface area contributed by atoms with Gasteiger partial charge in [-0.25, -0.2) is 0 Å². The Morgan fingerprint density at radius 2 is 1.21 bits per heavy atom. The van der Waals surface area contributed by atoms with E-state index in [0.717, 1.165) is 24.1 Å². The van der Waals surface area contributed by atoms with Crippen molar-refractivity contribution in [1.82, 2.24) is 9.55 Å². The van der Waals surface area contributed by atoms with Gasteiger partial charge in [0.1, 0.15) is 5.75 Å². The van der Waals surface area contributed by atoms with E-state index in [4.69, 9.17) is 9.72 Å². The molecule has 1 radical (unpaired) electrons. The van der Waals surface area contributed by atoms with Crippen LogP contribution in [0.5, 0.6) is 5.75 Å². The number of rotatable bonds is 12. The van der Waals surface area contributed by atoms with Crippen LogP contribution in [-0.4, -0.2) is 31.5 Å². The van der Waals surface area contributed by atoms with Gasteiger partial charge in [0, 0.05) is 18.6 Å². The van der Waals surface area contributed by atoms with Crippen molar-refractivity contribution in [3.05, 3.63) is 169 Å². The van der Waals surface area contributed by atoms with Crippen LogP contribution in [0, 0.1) is 0 Å². The maximum atomic E-state index is 6.17. The van der Waals surface area contributed by atoms with Crippen LogP contribution in [0.3, 0.4) is 0 Å². The molecule has 1 heterocycles. The van der Waals surface area contributed by atoms with Gasteiger partial charge < -0.3 is 9.30 Å². The summed E-state index contributed by atoms with van der Waals surface area (Å²) >= 11 is 0. The van der Waals surface area contributed by atoms with E-state index in [9.17, 15) is 0 Å². The fourth-order valence-corrected chi connectivity index (χ4v) is 10.6. The first-order valence-electron chi connectivity index (χ1n) is 15.1. The minimum Gasteiger partial charge on any atom is -0.494 e. The van der Waals surface area contributed by atoms with Gasteiger partial charge in [0.2, 0.25) is 7.28 Å². The van der Waals surface area contributed by atoms with Crippen LogP contribution < -0.4 is 26.0 Å². The molecule has 0 atom stereocenters. The van der Waals surface area contributed by atoms with Crippen molar-refractivity contribution in [2.75, 3.05) is 6.61 Å². The third-order valence-electron chi connectivity index (χ3n) is 8.12. The highest BCUT2D eigenvalue weighted by Gasteiger charge is 2.40. The maximum Gasteiger partial charge on any atom is 0.215 e. The summed E-state index contributed by atoms with van der Waals surface area (Å²) < 4.78 is 8.53. The second-order valence-corrected chi connectivity index (χ2v) is 14.8. The number of aromatic nitrogens is 2. The summed E-state index contributed by atoms with van der Waals surface area (Å²) in [4.78, 5) is 4.94. The number of benzene rings is 5. The molecule has 0 spiro atoms. The van der Waals surface area contributed by atoms with E-state index in [1.54, 1.807) is 0 Å². The van der Waals surface area contributed by atoms with Crippen LogP contribution in [0.1, 0.15) is 30.3 Å². The Hall–Kier alpha value is -4.61. The first kappa shape index (κ1) is 28.5. The van der Waals surface area contributed by atoms with Crippen molar-refractivity contribution in [1.29, 1.82) is 0 Å². The molecule has 43 heavy (non-hydrogen) atoms. The Kier molecular flexibility index (Phi) is 9.00. The minimum absolute atomic E-state index is 0.0823. The average molecular weight is 576 g/mol. The fraction of sp³-hybridized carbons (Fsp3) is 0.132. The van der Waals surface area contributed by atoms with Crippen molar-refractivity contribution in [2.45, 2.75) is 25.3 Å². The van der Waals surface area contributed by atoms with Crippen molar-refractivity contribution in [2.24, 2.45) is 0 Å². The summed E-state index contributed by atoms with van der Waals surface area (Å²) in [5, 5.41) is 4.04. The number of ether oxygens (including phenoxy) is 1. The Labute approximate surface area is 257 Å². The molecule has 211 valence electrons. The van der Waals surface area contributed by atoms with Crippen molar-refractivity contribution in [3.63, 3.8) is 0 Å². The summed E-state index contributed by atoms with van der Waals surface area (Å²) in [6.45, 7) is 2.85. The van der Waals surface area contributed by atoms with Crippen LogP contribution >= 0.6 is 0 Å². The highest BCUT2D eigenvalue weighted by atomic mass is 28.3. The van der Waals surface area contributed by atoms with Gasteiger partial charge in [-0.15, -0.1) is 0 Å². The largest absolute Gasteiger partial charge is 0.494 e. The molecule has 6 aromatic rings. The lowest BCUT2D eigenvalue weighted by Gasteiger charge is -2.35. The van der Waals surface area contributed by atoms with Crippen molar-refractivity contribution >= 4 is 36.6 Å². The minimum atomic E-state index is -2.62. The molecule has 0 unspecified atom stereocenters. The first-order chi connectivity index (χ1) is 21.3. The standard InChI is InChI=1S/C38H36BN2OSi/c1-2-28-42-33-20-15-25-36(29-33)43(34-21-11-5-12-22-34,35-23-13-6-14-24-35)30-41-27-26-40-38(41)39-37(31-16-7-3-8-17-31)32-18-9-4-10-19-32/h3-27,29,37H,2,28,30H2,1H3. The highest BCUT2D eigenvalue weighted by molar-refractivity contribution is 7.10. The van der Waals surface area contributed by atoms with E-state index in [2.05, 4.69) is 171 Å². The summed E-state index contributed by atoms with van der Waals surface area (Å²) in [5.41, 5.74) is 3.47. The molecular formula is C38H36BN2OSi. The molecule has 0 saturated carbocycles. The first-order valence-corrected chi connectivity index (χ1v) is 17.3. The zero-order chi connectivity index (χ0) is 29.3. The predicted octanol–water partition coefficient (Wildman–Crippen LogP) is 5.50. The molecule has 0 aliphatic heterocycles. The molecule has 5 aromatic carbocycles. The van der Waals surface area contributed by atoms with E-state index in [0.29, 0.717) is 6.61 Å². The van der Waals surface area contributed by atoms with Gasteiger partial charge in [-0.05, 0) is 51.1 Å². The predicted molar refractivity (Wildman–Crippen MR) is 182 cm³/mol. The number of imidazole rings is 1. The van der Waals surface area contributed by atoms with Gasteiger partial charge >= 0.3 is 0 Å². The van der Waals surface area contributed by atoms with Crippen LogP contribution in [-0.2, 0) is 6.17 Å². The average Bonchev–Trinajstić information content (AvgIpc) is 3.53. The van der Waals surface area contributed by atoms with Gasteiger partial charge in [-0.3, -0.25) is 4.98 Å². The summed E-state index contributed by atoms with van der Waals surface area (Å²) in [7, 11) is -0.297. The van der Waals surface area contributed by atoms with Gasteiger partial charge in [0.15, 0.2) is 8.07 Å². The molecule has 0 bridgehead atoms. The molecule has 0 fully saturated rings. The van der Waals surface area contributed by atoms with Crippen LogP contribution in [0.15, 0.2) is 158 Å². The van der Waals surface area contributed by atoms with Gasteiger partial charge in [0.25, 0.3) is 0 Å². The lowest BCUT2D eigenvalue weighted by molar-refractivity contribution is 0.317. The summed E-state index contributed by atoms with van der Waals surface area (Å²) in [6.07, 6.45) is 5.86. The summed E-state index contributed by atoms with van der Waals surface area (Å²) in [6, 6.07) is 52.3. The molecular weight excluding hydrogens is 539 g/mol. The smallest absolute Gasteiger partial charge is 0.215 e. The van der Waals surface area contributed by atoms with E-state index < -0.39 is 8.07 Å². The Morgan fingerprint density at radius 1 is 0.674 bits per heavy atom. The zero-order valence-electron chi connectivity index (χ0n) is 24.6. The van der Waals surface area contributed by atoms with Crippen molar-refractivity contribution in [3.8, 4) is 5.75 Å². The molecule has 0 N–H and O–H groups in total. The summed E-state index contributed by atoms with van der Waals surface area (Å²) in [5.74, 6) is 1.01. The fourth-order valence-electron chi connectivity index (χ4n) is 6.01. The van der Waals surface area contributed by atoms with E-state index in [1.807, 2.05) is 6.20 Å². The zero-order valence-corrected chi connectivity index (χ0v) is 25.6. The topological polar surface area (TPSA) is 27.1 Å². The number of hydrogen-bond donors (Lipinski definition) is 0. The van der Waals surface area contributed by atoms with Gasteiger partial charge in [-0.1, -0.05) is 140 Å². The van der Waals surface area contributed by atoms with Crippen molar-refractivity contribution < 1.29 is 4.74 Å².